The molecule has 0 radical (unpaired) electrons. The zero-order chi connectivity index (χ0) is 13.9. The average Bonchev–Trinajstić information content (AvgIpc) is 2.58. The molecule has 0 amide bonds. The third-order valence-electron chi connectivity index (χ3n) is 2.80. The van der Waals surface area contributed by atoms with Gasteiger partial charge in [0.2, 0.25) is 0 Å². The van der Waals surface area contributed by atoms with Crippen molar-refractivity contribution >= 4 is 21.5 Å². The summed E-state index contributed by atoms with van der Waals surface area (Å²) in [6.45, 7) is 7.94. The lowest BCUT2D eigenvalue weighted by Gasteiger charge is -2.18. The van der Waals surface area contributed by atoms with Crippen molar-refractivity contribution in [3.63, 3.8) is 0 Å². The molecule has 0 spiro atoms. The smallest absolute Gasteiger partial charge is 0.182 e. The van der Waals surface area contributed by atoms with Crippen LogP contribution in [0.5, 0.6) is 0 Å². The van der Waals surface area contributed by atoms with Crippen LogP contribution in [0.4, 0.5) is 11.6 Å². The van der Waals surface area contributed by atoms with Gasteiger partial charge in [-0.1, -0.05) is 6.92 Å². The van der Waals surface area contributed by atoms with Crippen LogP contribution in [0.3, 0.4) is 0 Å². The molecular formula is C11H22N4O2S. The lowest BCUT2D eigenvalue weighted by Crippen LogP contribution is -2.24. The highest BCUT2D eigenvalue weighted by Gasteiger charge is 2.26. The molecule has 7 heteroatoms. The summed E-state index contributed by atoms with van der Waals surface area (Å²) in [6.07, 6.45) is 2.02. The maximum atomic E-state index is 11.9. The van der Waals surface area contributed by atoms with E-state index >= 15 is 0 Å². The third kappa shape index (κ3) is 2.77. The summed E-state index contributed by atoms with van der Waals surface area (Å²) in [5.74, 6) is 0.703. The molecule has 0 bridgehead atoms. The highest BCUT2D eigenvalue weighted by atomic mass is 32.2. The Labute approximate surface area is 109 Å². The van der Waals surface area contributed by atoms with Crippen molar-refractivity contribution in [3.05, 3.63) is 0 Å². The van der Waals surface area contributed by atoms with Gasteiger partial charge in [0.05, 0.1) is 0 Å². The second-order valence-electron chi connectivity index (χ2n) is 4.21. The highest BCUT2D eigenvalue weighted by molar-refractivity contribution is 7.91. The van der Waals surface area contributed by atoms with Crippen molar-refractivity contribution < 1.29 is 8.42 Å². The first kappa shape index (κ1) is 14.8. The van der Waals surface area contributed by atoms with E-state index in [2.05, 4.69) is 5.10 Å². The van der Waals surface area contributed by atoms with E-state index in [0.29, 0.717) is 25.5 Å². The van der Waals surface area contributed by atoms with Crippen LogP contribution in [-0.4, -0.2) is 37.5 Å². The van der Waals surface area contributed by atoms with Gasteiger partial charge in [-0.05, 0) is 20.3 Å². The first-order valence-corrected chi connectivity index (χ1v) is 8.07. The van der Waals surface area contributed by atoms with Gasteiger partial charge in [0.25, 0.3) is 0 Å². The van der Waals surface area contributed by atoms with Gasteiger partial charge >= 0.3 is 0 Å². The fourth-order valence-corrected chi connectivity index (χ4v) is 2.90. The fourth-order valence-electron chi connectivity index (χ4n) is 1.91. The van der Waals surface area contributed by atoms with E-state index in [-0.39, 0.29) is 10.7 Å². The summed E-state index contributed by atoms with van der Waals surface area (Å²) in [5.41, 5.74) is 5.92. The van der Waals surface area contributed by atoms with Crippen LogP contribution in [0.2, 0.25) is 0 Å². The normalized spacial score (nSPS) is 11.8. The van der Waals surface area contributed by atoms with E-state index in [1.54, 1.807) is 4.68 Å². The molecule has 0 unspecified atom stereocenters. The van der Waals surface area contributed by atoms with Crippen molar-refractivity contribution in [2.24, 2.45) is 0 Å². The number of nitrogens with zero attached hydrogens (tertiary/aromatic N) is 3. The van der Waals surface area contributed by atoms with Crippen molar-refractivity contribution in [1.82, 2.24) is 9.78 Å². The third-order valence-corrected chi connectivity index (χ3v) is 3.93. The number of sulfone groups is 1. The van der Waals surface area contributed by atoms with Crippen LogP contribution in [0.1, 0.15) is 27.2 Å². The van der Waals surface area contributed by atoms with Gasteiger partial charge in [-0.25, -0.2) is 13.1 Å². The van der Waals surface area contributed by atoms with Crippen LogP contribution >= 0.6 is 0 Å². The lowest BCUT2D eigenvalue weighted by atomic mass is 10.4. The molecule has 6 nitrogen and oxygen atoms in total. The maximum absolute atomic E-state index is 11.9. The Balaban J connectivity index is 3.44. The number of nitrogens with two attached hydrogens (primary N) is 1. The predicted octanol–water partition coefficient (Wildman–Crippen LogP) is 1.12. The number of rotatable bonds is 6. The zero-order valence-electron chi connectivity index (χ0n) is 11.5. The number of hydrogen-bond donors (Lipinski definition) is 1. The molecule has 0 saturated carbocycles. The van der Waals surface area contributed by atoms with E-state index in [9.17, 15) is 8.42 Å². The zero-order valence-corrected chi connectivity index (χ0v) is 12.3. The van der Waals surface area contributed by atoms with Gasteiger partial charge in [0.15, 0.2) is 20.6 Å². The van der Waals surface area contributed by atoms with Crippen LogP contribution in [0.25, 0.3) is 0 Å². The molecule has 104 valence electrons. The van der Waals surface area contributed by atoms with Gasteiger partial charge in [-0.3, -0.25) is 0 Å². The summed E-state index contributed by atoms with van der Waals surface area (Å²) in [4.78, 5) is 2.05. The Morgan fingerprint density at radius 3 is 2.22 bits per heavy atom. The molecule has 1 heterocycles. The molecule has 0 aliphatic rings. The van der Waals surface area contributed by atoms with E-state index < -0.39 is 9.84 Å². The first-order chi connectivity index (χ1) is 8.36. The number of aryl methyl sites for hydroxylation is 1. The Bertz CT molecular complexity index is 503. The standard InChI is InChI=1S/C11H22N4O2S/c1-5-8-15-10(12)9(18(4,16)17)11(13-15)14(6-2)7-3/h5-8,12H2,1-4H3. The molecule has 18 heavy (non-hydrogen) atoms. The SMILES string of the molecule is CCCn1nc(N(CC)CC)c(S(C)(=O)=O)c1N. The number of nitrogen functional groups attached to an aromatic ring is 1. The van der Waals surface area contributed by atoms with Gasteiger partial charge in [-0.15, -0.1) is 0 Å². The van der Waals surface area contributed by atoms with E-state index in [1.807, 2.05) is 25.7 Å². The average molecular weight is 274 g/mol. The molecule has 1 rings (SSSR count). The first-order valence-electron chi connectivity index (χ1n) is 6.18. The van der Waals surface area contributed by atoms with Crippen molar-refractivity contribution in [2.45, 2.75) is 38.6 Å². The number of aromatic nitrogens is 2. The molecule has 0 fully saturated rings. The molecule has 0 atom stereocenters. The van der Waals surface area contributed by atoms with Crippen molar-refractivity contribution in [3.8, 4) is 0 Å². The van der Waals surface area contributed by atoms with Crippen LogP contribution in [-0.2, 0) is 16.4 Å². The van der Waals surface area contributed by atoms with Gasteiger partial charge in [-0.2, -0.15) is 5.10 Å². The summed E-state index contributed by atoms with van der Waals surface area (Å²) >= 11 is 0. The molecule has 1 aromatic rings. The second kappa shape index (κ2) is 5.60. The van der Waals surface area contributed by atoms with Crippen LogP contribution in [0, 0.1) is 0 Å². The molecular weight excluding hydrogens is 252 g/mol. The monoisotopic (exact) mass is 274 g/mol. The largest absolute Gasteiger partial charge is 0.383 e. The maximum Gasteiger partial charge on any atom is 0.182 e. The van der Waals surface area contributed by atoms with Crippen molar-refractivity contribution in [1.29, 1.82) is 0 Å². The molecule has 0 aliphatic carbocycles. The molecule has 1 aromatic heterocycles. The summed E-state index contributed by atoms with van der Waals surface area (Å²) in [7, 11) is -3.38. The minimum atomic E-state index is -3.38. The highest BCUT2D eigenvalue weighted by Crippen LogP contribution is 2.30. The van der Waals surface area contributed by atoms with Gasteiger partial charge < -0.3 is 10.6 Å². The summed E-state index contributed by atoms with van der Waals surface area (Å²) in [6, 6.07) is 0. The minimum Gasteiger partial charge on any atom is -0.383 e. The minimum absolute atomic E-state index is 0.152. The lowest BCUT2D eigenvalue weighted by molar-refractivity contribution is 0.600. The Hall–Kier alpha value is -1.24. The number of hydrogen-bond acceptors (Lipinski definition) is 5. The van der Waals surface area contributed by atoms with E-state index in [4.69, 9.17) is 5.73 Å². The van der Waals surface area contributed by atoms with Crippen LogP contribution in [0.15, 0.2) is 4.90 Å². The Kier molecular flexibility index (Phi) is 4.61. The Morgan fingerprint density at radius 1 is 1.28 bits per heavy atom. The summed E-state index contributed by atoms with van der Waals surface area (Å²) in [5, 5.41) is 4.35. The van der Waals surface area contributed by atoms with Crippen molar-refractivity contribution in [2.75, 3.05) is 30.0 Å². The van der Waals surface area contributed by atoms with Gasteiger partial charge in [0.1, 0.15) is 5.82 Å². The second-order valence-corrected chi connectivity index (χ2v) is 6.16. The van der Waals surface area contributed by atoms with E-state index in [1.165, 1.54) is 6.26 Å². The van der Waals surface area contributed by atoms with Crippen LogP contribution < -0.4 is 10.6 Å². The molecule has 2 N–H and O–H groups in total. The van der Waals surface area contributed by atoms with E-state index in [0.717, 1.165) is 6.42 Å². The number of anilines is 2. The fraction of sp³-hybridized carbons (Fsp3) is 0.727. The molecule has 0 saturated heterocycles. The quantitative estimate of drug-likeness (QED) is 0.841. The molecule has 0 aromatic carbocycles. The summed E-state index contributed by atoms with van der Waals surface area (Å²) < 4.78 is 25.3. The Morgan fingerprint density at radius 2 is 1.83 bits per heavy atom. The predicted molar refractivity (Wildman–Crippen MR) is 73.6 cm³/mol. The van der Waals surface area contributed by atoms with Gasteiger partial charge in [0, 0.05) is 25.9 Å². The molecule has 0 aliphatic heterocycles. The topological polar surface area (TPSA) is 81.2 Å².